The van der Waals surface area contributed by atoms with E-state index in [1.165, 1.54) is 7.11 Å². The fraction of sp³-hybridized carbons (Fsp3) is 0.429. The van der Waals surface area contributed by atoms with Crippen LogP contribution in [0.2, 0.25) is 0 Å². The van der Waals surface area contributed by atoms with E-state index in [4.69, 9.17) is 5.73 Å². The molecule has 110 valence electrons. The number of carbonyl (C=O) groups excluding carboxylic acids is 2. The number of hydrogen-bond donors (Lipinski definition) is 1. The Morgan fingerprint density at radius 2 is 1.85 bits per heavy atom. The average molecular weight is 279 g/mol. The fourth-order valence-corrected chi connectivity index (χ4v) is 1.87. The van der Waals surface area contributed by atoms with Gasteiger partial charge >= 0.3 is 12.1 Å². The second kappa shape index (κ2) is 7.49. The minimum absolute atomic E-state index is 0.0380. The molecule has 0 fully saturated rings. The van der Waals surface area contributed by atoms with Gasteiger partial charge in [0.15, 0.2) is 0 Å². The first-order valence-corrected chi connectivity index (χ1v) is 6.31. The molecule has 2 N–H and O–H groups in total. The van der Waals surface area contributed by atoms with Crippen molar-refractivity contribution in [3.05, 3.63) is 35.9 Å². The van der Waals surface area contributed by atoms with Crippen LogP contribution >= 0.6 is 0 Å². The van der Waals surface area contributed by atoms with Crippen molar-refractivity contribution < 1.29 is 14.3 Å². The summed E-state index contributed by atoms with van der Waals surface area (Å²) in [6, 6.07) is 9.01. The highest BCUT2D eigenvalue weighted by molar-refractivity contribution is 5.89. The van der Waals surface area contributed by atoms with Crippen LogP contribution in [-0.2, 0) is 11.2 Å². The Hall–Kier alpha value is -2.08. The van der Waals surface area contributed by atoms with E-state index < -0.39 is 12.1 Å². The minimum Gasteiger partial charge on any atom is -0.452 e. The first kappa shape index (κ1) is 16.0. The number of ether oxygens (including phenoxy) is 1. The van der Waals surface area contributed by atoms with Gasteiger partial charge in [0.2, 0.25) is 0 Å². The van der Waals surface area contributed by atoms with Crippen molar-refractivity contribution in [1.82, 2.24) is 9.80 Å². The van der Waals surface area contributed by atoms with Gasteiger partial charge in [-0.15, -0.1) is 0 Å². The number of likely N-dealkylation sites (N-methyl/N-ethyl adjacent to an activating group) is 1. The Labute approximate surface area is 119 Å². The molecule has 0 heterocycles. The summed E-state index contributed by atoms with van der Waals surface area (Å²) in [6.07, 6.45) is -0.0355. The number of primary amides is 1. The highest BCUT2D eigenvalue weighted by atomic mass is 16.5. The molecular formula is C14H21N3O3. The summed E-state index contributed by atoms with van der Waals surface area (Å²) < 4.78 is 4.57. The highest BCUT2D eigenvalue weighted by Crippen LogP contribution is 2.09. The molecule has 1 aromatic carbocycles. The second-order valence-electron chi connectivity index (χ2n) is 4.73. The maximum Gasteiger partial charge on any atom is 0.417 e. The molecule has 1 atom stereocenters. The molecule has 0 unspecified atom stereocenters. The van der Waals surface area contributed by atoms with Gasteiger partial charge < -0.3 is 15.4 Å². The normalized spacial score (nSPS) is 12.0. The zero-order valence-electron chi connectivity index (χ0n) is 12.1. The predicted octanol–water partition coefficient (Wildman–Crippen LogP) is 1.31. The molecule has 1 aromatic rings. The van der Waals surface area contributed by atoms with Crippen molar-refractivity contribution in [2.24, 2.45) is 5.73 Å². The van der Waals surface area contributed by atoms with Crippen LogP contribution in [0, 0.1) is 0 Å². The van der Waals surface area contributed by atoms with Crippen molar-refractivity contribution in [2.45, 2.75) is 12.5 Å². The van der Waals surface area contributed by atoms with Crippen LogP contribution in [0.4, 0.5) is 9.59 Å². The Bertz CT molecular complexity index is 448. The van der Waals surface area contributed by atoms with Crippen molar-refractivity contribution in [3.63, 3.8) is 0 Å². The predicted molar refractivity (Wildman–Crippen MR) is 76.3 cm³/mol. The molecule has 0 aliphatic carbocycles. The smallest absolute Gasteiger partial charge is 0.417 e. The summed E-state index contributed by atoms with van der Waals surface area (Å²) in [4.78, 5) is 25.7. The Kier molecular flexibility index (Phi) is 5.99. The van der Waals surface area contributed by atoms with E-state index in [-0.39, 0.29) is 12.6 Å². The Balaban J connectivity index is 2.80. The van der Waals surface area contributed by atoms with E-state index in [9.17, 15) is 9.59 Å². The van der Waals surface area contributed by atoms with E-state index >= 15 is 0 Å². The molecule has 0 aromatic heterocycles. The lowest BCUT2D eigenvalue weighted by atomic mass is 10.0. The molecule has 0 radical (unpaired) electrons. The van der Waals surface area contributed by atoms with Crippen LogP contribution in [0.25, 0.3) is 0 Å². The highest BCUT2D eigenvalue weighted by Gasteiger charge is 2.25. The van der Waals surface area contributed by atoms with Gasteiger partial charge in [0.05, 0.1) is 7.11 Å². The molecule has 0 spiro atoms. The molecule has 3 amide bonds. The van der Waals surface area contributed by atoms with Crippen molar-refractivity contribution in [3.8, 4) is 0 Å². The first-order valence-electron chi connectivity index (χ1n) is 6.31. The lowest BCUT2D eigenvalue weighted by molar-refractivity contribution is 0.120. The van der Waals surface area contributed by atoms with Crippen LogP contribution in [0.3, 0.4) is 0 Å². The van der Waals surface area contributed by atoms with Gasteiger partial charge in [-0.25, -0.2) is 14.5 Å². The van der Waals surface area contributed by atoms with E-state index in [0.29, 0.717) is 6.42 Å². The third kappa shape index (κ3) is 4.55. The molecular weight excluding hydrogens is 258 g/mol. The zero-order chi connectivity index (χ0) is 15.1. The second-order valence-corrected chi connectivity index (χ2v) is 4.73. The number of urea groups is 1. The average Bonchev–Trinajstić information content (AvgIpc) is 2.43. The van der Waals surface area contributed by atoms with Crippen molar-refractivity contribution in [1.29, 1.82) is 0 Å². The van der Waals surface area contributed by atoms with E-state index in [0.717, 1.165) is 10.5 Å². The van der Waals surface area contributed by atoms with Gasteiger partial charge in [-0.3, -0.25) is 0 Å². The molecule has 6 heteroatoms. The lowest BCUT2D eigenvalue weighted by Crippen LogP contribution is -2.49. The number of nitrogens with zero attached hydrogens (tertiary/aromatic N) is 2. The minimum atomic E-state index is -0.809. The summed E-state index contributed by atoms with van der Waals surface area (Å²) >= 11 is 0. The number of methoxy groups -OCH3 is 1. The quantitative estimate of drug-likeness (QED) is 0.881. The molecule has 0 saturated carbocycles. The standard InChI is InChI=1S/C14H21N3O3/c1-16(2)12(9-11-7-5-4-6-8-11)10-17(13(15)18)14(19)20-3/h4-8,12H,9-10H2,1-3H3,(H2,15,18)/t12-/m1/s1. The maximum absolute atomic E-state index is 11.5. The Morgan fingerprint density at radius 1 is 1.25 bits per heavy atom. The number of hydrogen-bond acceptors (Lipinski definition) is 4. The molecule has 0 bridgehead atoms. The summed E-state index contributed by atoms with van der Waals surface area (Å²) in [5.74, 6) is 0. The molecule has 0 saturated heterocycles. The number of amides is 3. The van der Waals surface area contributed by atoms with E-state index in [1.54, 1.807) is 0 Å². The van der Waals surface area contributed by atoms with Crippen LogP contribution in [0.15, 0.2) is 30.3 Å². The van der Waals surface area contributed by atoms with Gasteiger partial charge in [0.25, 0.3) is 0 Å². The third-order valence-electron chi connectivity index (χ3n) is 3.10. The van der Waals surface area contributed by atoms with Crippen LogP contribution in [-0.4, -0.2) is 55.7 Å². The number of rotatable bonds is 5. The summed E-state index contributed by atoms with van der Waals surface area (Å²) in [5, 5.41) is 0. The Morgan fingerprint density at radius 3 is 2.30 bits per heavy atom. The monoisotopic (exact) mass is 279 g/mol. The molecule has 0 aliphatic rings. The number of carbonyl (C=O) groups is 2. The maximum atomic E-state index is 11.5. The number of imide groups is 1. The summed E-state index contributed by atoms with van der Waals surface area (Å²) in [7, 11) is 5.01. The van der Waals surface area contributed by atoms with Gasteiger partial charge in [-0.2, -0.15) is 0 Å². The van der Waals surface area contributed by atoms with Gasteiger partial charge in [-0.05, 0) is 26.1 Å². The van der Waals surface area contributed by atoms with Crippen LogP contribution < -0.4 is 5.73 Å². The van der Waals surface area contributed by atoms with Crippen LogP contribution in [0.5, 0.6) is 0 Å². The number of benzene rings is 1. The molecule has 6 nitrogen and oxygen atoms in total. The van der Waals surface area contributed by atoms with E-state index in [1.807, 2.05) is 49.3 Å². The molecule has 1 rings (SSSR count). The first-order chi connectivity index (χ1) is 9.45. The topological polar surface area (TPSA) is 75.9 Å². The molecule has 0 aliphatic heterocycles. The van der Waals surface area contributed by atoms with Gasteiger partial charge in [0, 0.05) is 12.6 Å². The zero-order valence-corrected chi connectivity index (χ0v) is 12.1. The lowest BCUT2D eigenvalue weighted by Gasteiger charge is -2.28. The largest absolute Gasteiger partial charge is 0.452 e. The summed E-state index contributed by atoms with van der Waals surface area (Å²) in [6.45, 7) is 0.184. The van der Waals surface area contributed by atoms with Crippen molar-refractivity contribution in [2.75, 3.05) is 27.7 Å². The number of nitrogens with two attached hydrogens (primary N) is 1. The van der Waals surface area contributed by atoms with Gasteiger partial charge in [-0.1, -0.05) is 30.3 Å². The molecule has 20 heavy (non-hydrogen) atoms. The third-order valence-corrected chi connectivity index (χ3v) is 3.10. The van der Waals surface area contributed by atoms with Crippen LogP contribution in [0.1, 0.15) is 5.56 Å². The van der Waals surface area contributed by atoms with Crippen molar-refractivity contribution >= 4 is 12.1 Å². The van der Waals surface area contributed by atoms with Gasteiger partial charge in [0.1, 0.15) is 0 Å². The fourth-order valence-electron chi connectivity index (χ4n) is 1.87. The summed E-state index contributed by atoms with van der Waals surface area (Å²) in [5.41, 5.74) is 6.35. The SMILES string of the molecule is COC(=O)N(C[C@@H](Cc1ccccc1)N(C)C)C(N)=O. The van der Waals surface area contributed by atoms with E-state index in [2.05, 4.69) is 4.74 Å².